The van der Waals surface area contributed by atoms with Crippen molar-refractivity contribution in [2.75, 3.05) is 6.54 Å². The van der Waals surface area contributed by atoms with Crippen molar-refractivity contribution in [1.29, 1.82) is 0 Å². The van der Waals surface area contributed by atoms with Gasteiger partial charge in [0, 0.05) is 30.3 Å². The lowest BCUT2D eigenvalue weighted by Crippen LogP contribution is -2.65. The summed E-state index contributed by atoms with van der Waals surface area (Å²) in [4.78, 5) is 65.5. The SMILES string of the molecule is CC(C)C1=C2[C@H]3CC[C@@H]4[C@@]5(C)CC[C@H](OC(=O)CC(C)(C)C(=O)O)C(C)(C)[C@@H]5CC[C@@]4(C)[C@]3(C)CC[C@@]2(CCN(Cc2ccccc2)C(=O)C(=O)O)CC1=O. The number of carboxylic acid groups (broad SMARTS) is 2. The highest BCUT2D eigenvalue weighted by Gasteiger charge is 2.70. The smallest absolute Gasteiger partial charge is 0.394 e. The van der Waals surface area contributed by atoms with Gasteiger partial charge in [-0.2, -0.15) is 0 Å². The van der Waals surface area contributed by atoms with Gasteiger partial charge in [-0.1, -0.05) is 84.4 Å². The molecular formula is C46H65NO8. The van der Waals surface area contributed by atoms with Gasteiger partial charge in [-0.15, -0.1) is 0 Å². The highest BCUT2D eigenvalue weighted by molar-refractivity contribution is 6.31. The molecule has 1 amide bonds. The summed E-state index contributed by atoms with van der Waals surface area (Å²) >= 11 is 0. The number of carbonyl (C=O) groups excluding carboxylic acids is 3. The predicted octanol–water partition coefficient (Wildman–Crippen LogP) is 8.88. The number of carbonyl (C=O) groups is 5. The molecule has 9 heteroatoms. The largest absolute Gasteiger partial charge is 0.481 e. The molecule has 4 saturated carbocycles. The van der Waals surface area contributed by atoms with Gasteiger partial charge in [0.15, 0.2) is 5.78 Å². The lowest BCUT2D eigenvalue weighted by atomic mass is 9.33. The molecule has 6 rings (SSSR count). The third-order valence-corrected chi connectivity index (χ3v) is 16.5. The third kappa shape index (κ3) is 6.67. The Bertz CT molecular complexity index is 1760. The Hall–Kier alpha value is -3.49. The number of hydrogen-bond acceptors (Lipinski definition) is 6. The summed E-state index contributed by atoms with van der Waals surface area (Å²) < 4.78 is 6.16. The maximum atomic E-state index is 14.1. The van der Waals surface area contributed by atoms with Gasteiger partial charge < -0.3 is 19.8 Å². The maximum absolute atomic E-state index is 14.1. The first-order valence-electron chi connectivity index (χ1n) is 20.8. The van der Waals surface area contributed by atoms with E-state index in [4.69, 9.17) is 4.74 Å². The van der Waals surface area contributed by atoms with Gasteiger partial charge in [-0.05, 0) is 123 Å². The quantitative estimate of drug-likeness (QED) is 0.178. The van der Waals surface area contributed by atoms with Gasteiger partial charge in [0.25, 0.3) is 0 Å². The summed E-state index contributed by atoms with van der Waals surface area (Å²) in [7, 11) is 0. The fraction of sp³-hybridized carbons (Fsp3) is 0.717. The zero-order chi connectivity index (χ0) is 40.5. The molecule has 9 nitrogen and oxygen atoms in total. The number of ether oxygens (including phenoxy) is 1. The van der Waals surface area contributed by atoms with E-state index in [-0.39, 0.29) is 64.9 Å². The van der Waals surface area contributed by atoms with Crippen molar-refractivity contribution in [3.8, 4) is 0 Å². The van der Waals surface area contributed by atoms with Crippen LogP contribution < -0.4 is 0 Å². The van der Waals surface area contributed by atoms with Gasteiger partial charge in [0.1, 0.15) is 6.10 Å². The molecule has 0 bridgehead atoms. The summed E-state index contributed by atoms with van der Waals surface area (Å²) in [6, 6.07) is 9.50. The van der Waals surface area contributed by atoms with Crippen LogP contribution in [0.2, 0.25) is 0 Å². The van der Waals surface area contributed by atoms with Crippen LogP contribution in [0.3, 0.4) is 0 Å². The van der Waals surface area contributed by atoms with E-state index in [0.29, 0.717) is 24.7 Å². The molecule has 5 aliphatic rings. The fourth-order valence-corrected chi connectivity index (χ4v) is 13.4. The number of hydrogen-bond donors (Lipinski definition) is 2. The number of carboxylic acids is 2. The molecular weight excluding hydrogens is 695 g/mol. The van der Waals surface area contributed by atoms with Gasteiger partial charge in [0.05, 0.1) is 11.8 Å². The van der Waals surface area contributed by atoms with Crippen molar-refractivity contribution in [1.82, 2.24) is 4.90 Å². The molecule has 0 spiro atoms. The highest BCUT2D eigenvalue weighted by atomic mass is 16.5. The Morgan fingerprint density at radius 3 is 2.16 bits per heavy atom. The molecule has 1 aromatic carbocycles. The Labute approximate surface area is 328 Å². The molecule has 302 valence electrons. The second-order valence-electron chi connectivity index (χ2n) is 20.4. The molecule has 2 N–H and O–H groups in total. The second-order valence-corrected chi connectivity index (χ2v) is 20.4. The second kappa shape index (κ2) is 14.2. The maximum Gasteiger partial charge on any atom is 0.394 e. The van der Waals surface area contributed by atoms with Crippen LogP contribution in [-0.4, -0.2) is 57.4 Å². The predicted molar refractivity (Wildman–Crippen MR) is 209 cm³/mol. The van der Waals surface area contributed by atoms with Crippen LogP contribution >= 0.6 is 0 Å². The number of allylic oxidation sites excluding steroid dienone is 2. The molecule has 0 radical (unpaired) electrons. The van der Waals surface area contributed by atoms with Crippen molar-refractivity contribution in [3.63, 3.8) is 0 Å². The molecule has 55 heavy (non-hydrogen) atoms. The standard InChI is InChI=1S/C46H65NO8/c1-28(2)36-31(48)25-46(23-24-47(38(50)39(51)52)27-29-13-11-10-12-14-29)22-21-44(8)30(37(36)46)15-16-33-43(7)19-18-34(55-35(49)26-41(3,4)40(53)54)42(5,6)32(43)17-20-45(33,44)9/h10-14,28,30,32-34H,15-27H2,1-9H3,(H,51,52)(H,53,54)/t30-,32+,33-,34+,43+,44-,45-,46-/m1/s1. The molecule has 0 aliphatic heterocycles. The van der Waals surface area contributed by atoms with E-state index in [1.165, 1.54) is 10.5 Å². The number of amides is 1. The van der Waals surface area contributed by atoms with Crippen LogP contribution in [0.4, 0.5) is 0 Å². The number of fused-ring (bicyclic) bond motifs is 7. The summed E-state index contributed by atoms with van der Waals surface area (Å²) in [6.45, 7) is 19.9. The lowest BCUT2D eigenvalue weighted by molar-refractivity contribution is -0.233. The van der Waals surface area contributed by atoms with Crippen molar-refractivity contribution in [2.45, 2.75) is 146 Å². The van der Waals surface area contributed by atoms with Crippen LogP contribution in [0.5, 0.6) is 0 Å². The first-order chi connectivity index (χ1) is 25.5. The van der Waals surface area contributed by atoms with Gasteiger partial charge in [-0.3, -0.25) is 19.2 Å². The summed E-state index contributed by atoms with van der Waals surface area (Å²) in [5, 5.41) is 19.4. The minimum absolute atomic E-state index is 0.0117. The van der Waals surface area contributed by atoms with Crippen molar-refractivity contribution < 1.29 is 38.9 Å². The normalized spacial score (nSPS) is 35.3. The number of esters is 1. The Balaban J connectivity index is 1.28. The molecule has 0 saturated heterocycles. The Kier molecular flexibility index (Phi) is 10.6. The first-order valence-corrected chi connectivity index (χ1v) is 20.8. The zero-order valence-corrected chi connectivity index (χ0v) is 34.8. The van der Waals surface area contributed by atoms with Gasteiger partial charge >= 0.3 is 23.8 Å². The number of Topliss-reactive ketones (excluding diaryl/α,β-unsaturated/α-hetero) is 1. The van der Waals surface area contributed by atoms with Crippen LogP contribution in [0, 0.1) is 56.2 Å². The molecule has 0 aromatic heterocycles. The van der Waals surface area contributed by atoms with Crippen LogP contribution in [-0.2, 0) is 35.3 Å². The van der Waals surface area contributed by atoms with Gasteiger partial charge in [-0.25, -0.2) is 4.79 Å². The average Bonchev–Trinajstić information content (AvgIpc) is 3.40. The monoisotopic (exact) mass is 759 g/mol. The molecule has 8 atom stereocenters. The van der Waals surface area contributed by atoms with E-state index in [0.717, 1.165) is 62.5 Å². The average molecular weight is 760 g/mol. The summed E-state index contributed by atoms with van der Waals surface area (Å²) in [6.07, 6.45) is 8.19. The van der Waals surface area contributed by atoms with E-state index in [1.54, 1.807) is 13.8 Å². The minimum atomic E-state index is -1.46. The van der Waals surface area contributed by atoms with E-state index in [2.05, 4.69) is 48.5 Å². The fourth-order valence-electron chi connectivity index (χ4n) is 13.4. The topological polar surface area (TPSA) is 138 Å². The van der Waals surface area contributed by atoms with Crippen LogP contribution in [0.1, 0.15) is 139 Å². The Morgan fingerprint density at radius 1 is 0.873 bits per heavy atom. The molecule has 0 unspecified atom stereocenters. The van der Waals surface area contributed by atoms with E-state index >= 15 is 0 Å². The number of nitrogens with zero attached hydrogens (tertiary/aromatic N) is 1. The van der Waals surface area contributed by atoms with Gasteiger partial charge in [0.2, 0.25) is 0 Å². The van der Waals surface area contributed by atoms with E-state index < -0.39 is 34.6 Å². The summed E-state index contributed by atoms with van der Waals surface area (Å²) in [5.41, 5.74) is 1.30. The summed E-state index contributed by atoms with van der Waals surface area (Å²) in [5.74, 6) is -2.51. The first kappa shape index (κ1) is 41.2. The van der Waals surface area contributed by atoms with Crippen molar-refractivity contribution in [3.05, 3.63) is 47.0 Å². The molecule has 0 heterocycles. The minimum Gasteiger partial charge on any atom is -0.481 e. The molecule has 4 fully saturated rings. The molecule has 1 aromatic rings. The van der Waals surface area contributed by atoms with Crippen LogP contribution in [0.25, 0.3) is 0 Å². The zero-order valence-electron chi connectivity index (χ0n) is 34.8. The van der Waals surface area contributed by atoms with Crippen LogP contribution in [0.15, 0.2) is 41.5 Å². The van der Waals surface area contributed by atoms with E-state index in [1.807, 2.05) is 30.3 Å². The highest BCUT2D eigenvalue weighted by Crippen LogP contribution is 2.77. The van der Waals surface area contributed by atoms with E-state index in [9.17, 15) is 34.2 Å². The van der Waals surface area contributed by atoms with Crippen molar-refractivity contribution >= 4 is 29.6 Å². The Morgan fingerprint density at radius 2 is 1.55 bits per heavy atom. The molecule has 5 aliphatic carbocycles. The number of rotatable bonds is 10. The lowest BCUT2D eigenvalue weighted by Gasteiger charge is -2.72. The number of benzene rings is 1. The van der Waals surface area contributed by atoms with Crippen molar-refractivity contribution in [2.24, 2.45) is 56.2 Å². The third-order valence-electron chi connectivity index (χ3n) is 16.5. The number of aliphatic carboxylic acids is 2. The number of ketones is 1.